The fourth-order valence-corrected chi connectivity index (χ4v) is 3.06. The Balaban J connectivity index is 1.85. The van der Waals surface area contributed by atoms with Gasteiger partial charge in [-0.05, 0) is 30.3 Å². The minimum atomic E-state index is -0.833. The van der Waals surface area contributed by atoms with Crippen molar-refractivity contribution in [3.8, 4) is 16.9 Å². The number of barbiturate groups is 1. The predicted octanol–water partition coefficient (Wildman–Crippen LogP) is 3.05. The summed E-state index contributed by atoms with van der Waals surface area (Å²) in [4.78, 5) is 35.5. The van der Waals surface area contributed by atoms with E-state index in [9.17, 15) is 14.4 Å². The molecule has 0 radical (unpaired) electrons. The van der Waals surface area contributed by atoms with Gasteiger partial charge in [0.1, 0.15) is 5.57 Å². The molecule has 0 bridgehead atoms. The van der Waals surface area contributed by atoms with Gasteiger partial charge in [-0.25, -0.2) is 9.48 Å². The average Bonchev–Trinajstić information content (AvgIpc) is 3.10. The lowest BCUT2D eigenvalue weighted by atomic mass is 10.0. The molecule has 7 nitrogen and oxygen atoms in total. The summed E-state index contributed by atoms with van der Waals surface area (Å²) in [6, 6.07) is 16.2. The molecular weight excluding hydrogens is 424 g/mol. The molecule has 2 aromatic carbocycles. The predicted molar refractivity (Wildman–Crippen MR) is 106 cm³/mol. The van der Waals surface area contributed by atoms with Gasteiger partial charge in [0.25, 0.3) is 11.8 Å². The van der Waals surface area contributed by atoms with Crippen molar-refractivity contribution in [2.45, 2.75) is 0 Å². The van der Waals surface area contributed by atoms with Gasteiger partial charge < -0.3 is 0 Å². The van der Waals surface area contributed by atoms with Crippen molar-refractivity contribution in [1.29, 1.82) is 0 Å². The third-order valence-corrected chi connectivity index (χ3v) is 4.65. The number of para-hydroxylation sites is 1. The van der Waals surface area contributed by atoms with Crippen molar-refractivity contribution in [2.75, 3.05) is 0 Å². The maximum Gasteiger partial charge on any atom is 0.328 e. The Bertz CT molecular complexity index is 1100. The summed E-state index contributed by atoms with van der Waals surface area (Å²) >= 11 is 3.40. The molecule has 0 saturated carbocycles. The SMILES string of the molecule is O=C1NC(=O)C(=Cc2cn(-c3ccccc3)nc2-c2ccc(Br)cc2)C(=O)N1. The molecular formula is C20H13BrN4O3. The van der Waals surface area contributed by atoms with E-state index in [2.05, 4.69) is 31.7 Å². The Labute approximate surface area is 168 Å². The third-order valence-electron chi connectivity index (χ3n) is 4.12. The van der Waals surface area contributed by atoms with E-state index < -0.39 is 17.8 Å². The highest BCUT2D eigenvalue weighted by atomic mass is 79.9. The van der Waals surface area contributed by atoms with E-state index in [0.29, 0.717) is 11.3 Å². The third kappa shape index (κ3) is 3.49. The molecule has 1 aromatic heterocycles. The summed E-state index contributed by atoms with van der Waals surface area (Å²) < 4.78 is 2.59. The zero-order valence-corrected chi connectivity index (χ0v) is 15.9. The minimum absolute atomic E-state index is 0.162. The lowest BCUT2D eigenvalue weighted by Crippen LogP contribution is -2.51. The smallest absolute Gasteiger partial charge is 0.273 e. The van der Waals surface area contributed by atoms with Crippen LogP contribution in [-0.4, -0.2) is 27.6 Å². The standard InChI is InChI=1S/C20H13BrN4O3/c21-14-8-6-12(7-9-14)17-13(10-16-18(26)22-20(28)23-19(16)27)11-25(24-17)15-4-2-1-3-5-15/h1-11H,(H2,22,23,26,27,28). The summed E-state index contributed by atoms with van der Waals surface area (Å²) in [5.41, 5.74) is 2.66. The molecule has 1 aliphatic heterocycles. The number of halogens is 1. The number of hydrogen-bond acceptors (Lipinski definition) is 4. The molecule has 0 aliphatic carbocycles. The maximum absolute atomic E-state index is 12.1. The van der Waals surface area contributed by atoms with Gasteiger partial charge in [-0.2, -0.15) is 5.10 Å². The van der Waals surface area contributed by atoms with Crippen LogP contribution in [-0.2, 0) is 9.59 Å². The molecule has 28 heavy (non-hydrogen) atoms. The van der Waals surface area contributed by atoms with Gasteiger partial charge in [-0.1, -0.05) is 46.3 Å². The highest BCUT2D eigenvalue weighted by Crippen LogP contribution is 2.27. The highest BCUT2D eigenvalue weighted by molar-refractivity contribution is 9.10. The summed E-state index contributed by atoms with van der Waals surface area (Å²) in [7, 11) is 0. The zero-order chi connectivity index (χ0) is 19.7. The molecule has 0 atom stereocenters. The van der Waals surface area contributed by atoms with Crippen molar-refractivity contribution in [1.82, 2.24) is 20.4 Å². The van der Waals surface area contributed by atoms with Crippen molar-refractivity contribution in [3.63, 3.8) is 0 Å². The molecule has 0 spiro atoms. The van der Waals surface area contributed by atoms with Gasteiger partial charge >= 0.3 is 6.03 Å². The van der Waals surface area contributed by atoms with Gasteiger partial charge in [-0.15, -0.1) is 0 Å². The minimum Gasteiger partial charge on any atom is -0.273 e. The number of imide groups is 2. The van der Waals surface area contributed by atoms with E-state index in [-0.39, 0.29) is 5.57 Å². The van der Waals surface area contributed by atoms with Crippen molar-refractivity contribution >= 4 is 39.9 Å². The average molecular weight is 437 g/mol. The first-order valence-corrected chi connectivity index (χ1v) is 9.10. The monoisotopic (exact) mass is 436 g/mol. The fraction of sp³-hybridized carbons (Fsp3) is 0. The quantitative estimate of drug-likeness (QED) is 0.487. The molecule has 4 rings (SSSR count). The Morgan fingerprint density at radius 2 is 1.54 bits per heavy atom. The second-order valence-corrected chi connectivity index (χ2v) is 6.93. The number of aromatic nitrogens is 2. The topological polar surface area (TPSA) is 93.1 Å². The Morgan fingerprint density at radius 3 is 2.18 bits per heavy atom. The van der Waals surface area contributed by atoms with Crippen LogP contribution in [0.1, 0.15) is 5.56 Å². The molecule has 2 N–H and O–H groups in total. The number of nitrogens with zero attached hydrogens (tertiary/aromatic N) is 2. The zero-order valence-electron chi connectivity index (χ0n) is 14.3. The van der Waals surface area contributed by atoms with E-state index in [1.54, 1.807) is 10.9 Å². The van der Waals surface area contributed by atoms with Crippen LogP contribution in [0.25, 0.3) is 23.0 Å². The van der Waals surface area contributed by atoms with Crippen LogP contribution in [0.3, 0.4) is 0 Å². The van der Waals surface area contributed by atoms with E-state index >= 15 is 0 Å². The van der Waals surface area contributed by atoms with Crippen LogP contribution in [0, 0.1) is 0 Å². The van der Waals surface area contributed by atoms with E-state index in [4.69, 9.17) is 0 Å². The molecule has 1 aliphatic rings. The molecule has 2 heterocycles. The second-order valence-electron chi connectivity index (χ2n) is 6.02. The van der Waals surface area contributed by atoms with Gasteiger partial charge in [0.2, 0.25) is 0 Å². The highest BCUT2D eigenvalue weighted by Gasteiger charge is 2.28. The van der Waals surface area contributed by atoms with Gasteiger partial charge in [0.15, 0.2) is 0 Å². The molecule has 1 saturated heterocycles. The van der Waals surface area contributed by atoms with Crippen LogP contribution in [0.2, 0.25) is 0 Å². The molecule has 0 unspecified atom stereocenters. The lowest BCUT2D eigenvalue weighted by molar-refractivity contribution is -0.123. The van der Waals surface area contributed by atoms with Crippen LogP contribution in [0.5, 0.6) is 0 Å². The molecule has 138 valence electrons. The van der Waals surface area contributed by atoms with Crippen LogP contribution < -0.4 is 10.6 Å². The first kappa shape index (κ1) is 17.9. The largest absolute Gasteiger partial charge is 0.328 e. The Kier molecular flexibility index (Phi) is 4.62. The van der Waals surface area contributed by atoms with Crippen molar-refractivity contribution in [2.24, 2.45) is 0 Å². The molecule has 4 amide bonds. The Hall–Kier alpha value is -3.52. The second kappa shape index (κ2) is 7.24. The van der Waals surface area contributed by atoms with E-state index in [1.165, 1.54) is 6.08 Å². The van der Waals surface area contributed by atoms with Gasteiger partial charge in [0, 0.05) is 21.8 Å². The first-order valence-electron chi connectivity index (χ1n) is 8.30. The van der Waals surface area contributed by atoms with E-state index in [0.717, 1.165) is 15.7 Å². The summed E-state index contributed by atoms with van der Waals surface area (Å²) in [6.45, 7) is 0. The number of urea groups is 1. The molecule has 8 heteroatoms. The normalized spacial score (nSPS) is 13.9. The lowest BCUT2D eigenvalue weighted by Gasteiger charge is -2.13. The van der Waals surface area contributed by atoms with Gasteiger partial charge in [0.05, 0.1) is 11.4 Å². The fourth-order valence-electron chi connectivity index (χ4n) is 2.80. The Morgan fingerprint density at radius 1 is 0.893 bits per heavy atom. The van der Waals surface area contributed by atoms with Crippen LogP contribution >= 0.6 is 15.9 Å². The number of hydrogen-bond donors (Lipinski definition) is 2. The number of carbonyl (C=O) groups excluding carboxylic acids is 3. The number of nitrogens with one attached hydrogen (secondary N) is 2. The van der Waals surface area contributed by atoms with Gasteiger partial charge in [-0.3, -0.25) is 20.2 Å². The first-order chi connectivity index (χ1) is 13.5. The summed E-state index contributed by atoms with van der Waals surface area (Å²) in [5, 5.41) is 8.78. The van der Waals surface area contributed by atoms with Crippen molar-refractivity contribution in [3.05, 3.63) is 76.4 Å². The molecule has 1 fully saturated rings. The summed E-state index contributed by atoms with van der Waals surface area (Å²) in [5.74, 6) is -1.49. The molecule has 3 aromatic rings. The maximum atomic E-state index is 12.1. The number of carbonyl (C=O) groups is 3. The van der Waals surface area contributed by atoms with Crippen LogP contribution in [0.15, 0.2) is 70.8 Å². The van der Waals surface area contributed by atoms with Crippen molar-refractivity contribution < 1.29 is 14.4 Å². The van der Waals surface area contributed by atoms with E-state index in [1.807, 2.05) is 54.6 Å². The van der Waals surface area contributed by atoms with Crippen LogP contribution in [0.4, 0.5) is 4.79 Å². The number of amides is 4. The number of benzene rings is 2. The summed E-state index contributed by atoms with van der Waals surface area (Å²) in [6.07, 6.45) is 3.16. The number of rotatable bonds is 3.